The van der Waals surface area contributed by atoms with Crippen LogP contribution in [-0.4, -0.2) is 27.9 Å². The second kappa shape index (κ2) is 7.43. The van der Waals surface area contributed by atoms with Crippen molar-refractivity contribution >= 4 is 5.69 Å². The number of ether oxygens (including phenoxy) is 3. The normalized spacial score (nSPS) is 10.0. The van der Waals surface area contributed by atoms with Gasteiger partial charge in [0.05, 0.1) is 21.3 Å². The van der Waals surface area contributed by atoms with Gasteiger partial charge in [0.25, 0.3) is 0 Å². The number of anilines is 1. The fraction of sp³-hybridized carbons (Fsp3) is 0.294. The van der Waals surface area contributed by atoms with Gasteiger partial charge in [-0.25, -0.2) is 0 Å². The zero-order valence-corrected chi connectivity index (χ0v) is 12.7. The van der Waals surface area contributed by atoms with Gasteiger partial charge in [-0.15, -0.1) is 0 Å². The van der Waals surface area contributed by atoms with Gasteiger partial charge in [-0.1, -0.05) is 12.1 Å². The van der Waals surface area contributed by atoms with E-state index in [0.717, 1.165) is 35.9 Å². The zero-order valence-electron chi connectivity index (χ0n) is 12.7. The van der Waals surface area contributed by atoms with Crippen LogP contribution >= 0.6 is 0 Å². The lowest BCUT2D eigenvalue weighted by molar-refractivity contribution is 0.355. The van der Waals surface area contributed by atoms with Crippen LogP contribution in [0.15, 0.2) is 42.5 Å². The molecule has 0 fully saturated rings. The van der Waals surface area contributed by atoms with Gasteiger partial charge in [-0.2, -0.15) is 0 Å². The molecule has 4 nitrogen and oxygen atoms in total. The minimum absolute atomic E-state index is 0.729. The molecular weight excluding hydrogens is 266 g/mol. The first kappa shape index (κ1) is 15.0. The molecule has 0 atom stereocenters. The van der Waals surface area contributed by atoms with E-state index in [-0.39, 0.29) is 0 Å². The maximum absolute atomic E-state index is 5.29. The quantitative estimate of drug-likeness (QED) is 0.847. The number of methoxy groups -OCH3 is 3. The van der Waals surface area contributed by atoms with Gasteiger partial charge >= 0.3 is 0 Å². The van der Waals surface area contributed by atoms with Gasteiger partial charge in [-0.3, -0.25) is 0 Å². The summed E-state index contributed by atoms with van der Waals surface area (Å²) in [5, 5.41) is 3.38. The third kappa shape index (κ3) is 4.05. The summed E-state index contributed by atoms with van der Waals surface area (Å²) >= 11 is 0. The predicted molar refractivity (Wildman–Crippen MR) is 84.7 cm³/mol. The molecule has 0 saturated heterocycles. The number of rotatable bonds is 7. The van der Waals surface area contributed by atoms with Crippen molar-refractivity contribution in [2.24, 2.45) is 0 Å². The highest BCUT2D eigenvalue weighted by Gasteiger charge is 2.04. The number of benzene rings is 2. The highest BCUT2D eigenvalue weighted by molar-refractivity contribution is 5.54. The molecule has 21 heavy (non-hydrogen) atoms. The van der Waals surface area contributed by atoms with E-state index in [1.165, 1.54) is 5.56 Å². The third-order valence-electron chi connectivity index (χ3n) is 3.29. The molecule has 4 heteroatoms. The van der Waals surface area contributed by atoms with E-state index in [1.807, 2.05) is 30.3 Å². The van der Waals surface area contributed by atoms with Gasteiger partial charge in [0.1, 0.15) is 5.75 Å². The van der Waals surface area contributed by atoms with Crippen LogP contribution in [0.5, 0.6) is 17.2 Å². The molecule has 112 valence electrons. The van der Waals surface area contributed by atoms with Gasteiger partial charge < -0.3 is 19.5 Å². The van der Waals surface area contributed by atoms with E-state index in [1.54, 1.807) is 21.3 Å². The second-order valence-electron chi connectivity index (χ2n) is 4.59. The lowest BCUT2D eigenvalue weighted by Gasteiger charge is -2.11. The average molecular weight is 287 g/mol. The standard InChI is InChI=1S/C17H21NO3/c1-19-15-7-4-13(5-8-15)10-11-18-14-6-9-16(20-2)17(12-14)21-3/h4-9,12,18H,10-11H2,1-3H3. The van der Waals surface area contributed by atoms with Crippen LogP contribution in [0, 0.1) is 0 Å². The van der Waals surface area contributed by atoms with Crippen LogP contribution in [-0.2, 0) is 6.42 Å². The van der Waals surface area contributed by atoms with E-state index in [4.69, 9.17) is 14.2 Å². The van der Waals surface area contributed by atoms with Crippen molar-refractivity contribution in [3.05, 3.63) is 48.0 Å². The minimum Gasteiger partial charge on any atom is -0.497 e. The Kier molecular flexibility index (Phi) is 5.32. The zero-order chi connectivity index (χ0) is 15.1. The Morgan fingerprint density at radius 3 is 2.14 bits per heavy atom. The van der Waals surface area contributed by atoms with E-state index in [9.17, 15) is 0 Å². The summed E-state index contributed by atoms with van der Waals surface area (Å²) < 4.78 is 15.7. The van der Waals surface area contributed by atoms with Gasteiger partial charge in [0.15, 0.2) is 11.5 Å². The van der Waals surface area contributed by atoms with Crippen LogP contribution in [0.4, 0.5) is 5.69 Å². The van der Waals surface area contributed by atoms with Crippen molar-refractivity contribution in [1.29, 1.82) is 0 Å². The molecule has 0 radical (unpaired) electrons. The van der Waals surface area contributed by atoms with Crippen LogP contribution < -0.4 is 19.5 Å². The van der Waals surface area contributed by atoms with E-state index >= 15 is 0 Å². The highest BCUT2D eigenvalue weighted by Crippen LogP contribution is 2.29. The number of hydrogen-bond acceptors (Lipinski definition) is 4. The van der Waals surface area contributed by atoms with Crippen molar-refractivity contribution in [2.75, 3.05) is 33.2 Å². The van der Waals surface area contributed by atoms with E-state index < -0.39 is 0 Å². The van der Waals surface area contributed by atoms with Crippen molar-refractivity contribution < 1.29 is 14.2 Å². The molecule has 0 unspecified atom stereocenters. The van der Waals surface area contributed by atoms with E-state index in [0.29, 0.717) is 0 Å². The lowest BCUT2D eigenvalue weighted by Crippen LogP contribution is -2.05. The first-order valence-electron chi connectivity index (χ1n) is 6.85. The monoisotopic (exact) mass is 287 g/mol. The first-order valence-corrected chi connectivity index (χ1v) is 6.85. The summed E-state index contributed by atoms with van der Waals surface area (Å²) in [6.07, 6.45) is 0.943. The Hall–Kier alpha value is -2.36. The van der Waals surface area contributed by atoms with Gasteiger partial charge in [0, 0.05) is 18.3 Å². The molecule has 2 aromatic carbocycles. The van der Waals surface area contributed by atoms with Gasteiger partial charge in [0.2, 0.25) is 0 Å². The Labute approximate surface area is 125 Å². The molecule has 0 aliphatic rings. The molecular formula is C17H21NO3. The minimum atomic E-state index is 0.729. The summed E-state index contributed by atoms with van der Waals surface area (Å²) in [5.41, 5.74) is 2.28. The summed E-state index contributed by atoms with van der Waals surface area (Å²) in [6, 6.07) is 13.9. The molecule has 2 rings (SSSR count). The molecule has 0 bridgehead atoms. The Bertz CT molecular complexity index is 567. The Morgan fingerprint density at radius 2 is 1.52 bits per heavy atom. The second-order valence-corrected chi connectivity index (χ2v) is 4.59. The molecule has 0 saturated carbocycles. The van der Waals surface area contributed by atoms with Crippen LogP contribution in [0.25, 0.3) is 0 Å². The fourth-order valence-electron chi connectivity index (χ4n) is 2.09. The predicted octanol–water partition coefficient (Wildman–Crippen LogP) is 3.37. The molecule has 2 aromatic rings. The smallest absolute Gasteiger partial charge is 0.162 e. The van der Waals surface area contributed by atoms with Crippen molar-refractivity contribution in [2.45, 2.75) is 6.42 Å². The summed E-state index contributed by atoms with van der Waals surface area (Å²) in [5.74, 6) is 2.34. The first-order chi connectivity index (χ1) is 10.3. The summed E-state index contributed by atoms with van der Waals surface area (Å²) in [4.78, 5) is 0. The summed E-state index contributed by atoms with van der Waals surface area (Å²) in [7, 11) is 4.95. The topological polar surface area (TPSA) is 39.7 Å². The average Bonchev–Trinajstić information content (AvgIpc) is 2.55. The maximum atomic E-state index is 5.29. The SMILES string of the molecule is COc1ccc(CCNc2ccc(OC)c(OC)c2)cc1. The molecule has 0 aliphatic carbocycles. The third-order valence-corrected chi connectivity index (χ3v) is 3.29. The van der Waals surface area contributed by atoms with Crippen LogP contribution in [0.3, 0.4) is 0 Å². The van der Waals surface area contributed by atoms with Crippen molar-refractivity contribution in [3.8, 4) is 17.2 Å². The molecule has 0 aliphatic heterocycles. The van der Waals surface area contributed by atoms with Crippen molar-refractivity contribution in [3.63, 3.8) is 0 Å². The molecule has 0 amide bonds. The molecule has 0 heterocycles. The van der Waals surface area contributed by atoms with Crippen molar-refractivity contribution in [1.82, 2.24) is 0 Å². The van der Waals surface area contributed by atoms with Crippen LogP contribution in [0.2, 0.25) is 0 Å². The maximum Gasteiger partial charge on any atom is 0.162 e. The fourth-order valence-corrected chi connectivity index (χ4v) is 2.09. The number of nitrogens with one attached hydrogen (secondary N) is 1. The highest BCUT2D eigenvalue weighted by atomic mass is 16.5. The molecule has 0 aromatic heterocycles. The molecule has 0 spiro atoms. The Morgan fingerprint density at radius 1 is 0.810 bits per heavy atom. The van der Waals surface area contributed by atoms with Crippen LogP contribution in [0.1, 0.15) is 5.56 Å². The Balaban J connectivity index is 1.90. The van der Waals surface area contributed by atoms with Gasteiger partial charge in [-0.05, 0) is 36.2 Å². The summed E-state index contributed by atoms with van der Waals surface area (Å²) in [6.45, 7) is 0.849. The molecule has 1 N–H and O–H groups in total. The number of hydrogen-bond donors (Lipinski definition) is 1. The van der Waals surface area contributed by atoms with E-state index in [2.05, 4.69) is 17.4 Å². The largest absolute Gasteiger partial charge is 0.497 e. The lowest BCUT2D eigenvalue weighted by atomic mass is 10.1.